The summed E-state index contributed by atoms with van der Waals surface area (Å²) >= 11 is 0. The molecular formula is C12H23N3O2. The molecule has 98 valence electrons. The van der Waals surface area contributed by atoms with E-state index < -0.39 is 0 Å². The number of nitrogens with zero attached hydrogens (tertiary/aromatic N) is 1. The quantitative estimate of drug-likeness (QED) is 0.710. The van der Waals surface area contributed by atoms with Crippen LogP contribution in [-0.4, -0.2) is 49.9 Å². The van der Waals surface area contributed by atoms with Gasteiger partial charge in [0.25, 0.3) is 0 Å². The number of amides is 2. The SMILES string of the molecule is CCCNC(=O)CN(C)C(=O)C1(C)CCNC1. The number of nitrogens with one attached hydrogen (secondary N) is 2. The van der Waals surface area contributed by atoms with Crippen molar-refractivity contribution in [1.82, 2.24) is 15.5 Å². The number of hydrogen-bond donors (Lipinski definition) is 2. The van der Waals surface area contributed by atoms with Gasteiger partial charge in [-0.25, -0.2) is 0 Å². The summed E-state index contributed by atoms with van der Waals surface area (Å²) < 4.78 is 0. The van der Waals surface area contributed by atoms with Crippen LogP contribution in [0.4, 0.5) is 0 Å². The van der Waals surface area contributed by atoms with Crippen molar-refractivity contribution in [1.29, 1.82) is 0 Å². The van der Waals surface area contributed by atoms with Crippen LogP contribution >= 0.6 is 0 Å². The standard InChI is InChI=1S/C12H23N3O2/c1-4-6-14-10(16)8-15(3)11(17)12(2)5-7-13-9-12/h13H,4-9H2,1-3H3,(H,14,16). The lowest BCUT2D eigenvalue weighted by molar-refractivity contribution is -0.141. The maximum absolute atomic E-state index is 12.2. The molecule has 0 radical (unpaired) electrons. The first-order valence-corrected chi connectivity index (χ1v) is 6.22. The molecular weight excluding hydrogens is 218 g/mol. The van der Waals surface area contributed by atoms with Gasteiger partial charge >= 0.3 is 0 Å². The lowest BCUT2D eigenvalue weighted by Crippen LogP contribution is -2.45. The van der Waals surface area contributed by atoms with E-state index in [1.807, 2.05) is 13.8 Å². The van der Waals surface area contributed by atoms with Crippen molar-refractivity contribution in [2.45, 2.75) is 26.7 Å². The molecule has 1 unspecified atom stereocenters. The van der Waals surface area contributed by atoms with E-state index in [2.05, 4.69) is 10.6 Å². The third-order valence-corrected chi connectivity index (χ3v) is 3.18. The lowest BCUT2D eigenvalue weighted by Gasteiger charge is -2.27. The first kappa shape index (κ1) is 14.0. The van der Waals surface area contributed by atoms with Crippen LogP contribution in [0.2, 0.25) is 0 Å². The van der Waals surface area contributed by atoms with Gasteiger partial charge in [-0.2, -0.15) is 0 Å². The van der Waals surface area contributed by atoms with Crippen LogP contribution in [0.15, 0.2) is 0 Å². The topological polar surface area (TPSA) is 61.4 Å². The molecule has 0 aromatic carbocycles. The molecule has 1 aliphatic rings. The monoisotopic (exact) mass is 241 g/mol. The predicted octanol–water partition coefficient (Wildman–Crippen LogP) is -0.0294. The van der Waals surface area contributed by atoms with E-state index >= 15 is 0 Å². The summed E-state index contributed by atoms with van der Waals surface area (Å²) in [5, 5.41) is 5.96. The van der Waals surface area contributed by atoms with Crippen molar-refractivity contribution in [3.05, 3.63) is 0 Å². The van der Waals surface area contributed by atoms with Crippen LogP contribution in [0, 0.1) is 5.41 Å². The molecule has 1 saturated heterocycles. The van der Waals surface area contributed by atoms with E-state index in [9.17, 15) is 9.59 Å². The Labute approximate surface area is 103 Å². The summed E-state index contributed by atoms with van der Waals surface area (Å²) in [6.45, 7) is 6.34. The molecule has 1 aliphatic heterocycles. The molecule has 5 heteroatoms. The summed E-state index contributed by atoms with van der Waals surface area (Å²) in [5.74, 6) is -0.0357. The molecule has 1 fully saturated rings. The Morgan fingerprint density at radius 1 is 1.47 bits per heavy atom. The molecule has 1 atom stereocenters. The van der Waals surface area contributed by atoms with Crippen LogP contribution in [0.25, 0.3) is 0 Å². The molecule has 2 amide bonds. The summed E-state index contributed by atoms with van der Waals surface area (Å²) in [5.41, 5.74) is -0.347. The molecule has 0 aliphatic carbocycles. The highest BCUT2D eigenvalue weighted by atomic mass is 16.2. The van der Waals surface area contributed by atoms with Crippen molar-refractivity contribution in [3.63, 3.8) is 0 Å². The Bertz CT molecular complexity index is 285. The van der Waals surface area contributed by atoms with E-state index in [-0.39, 0.29) is 23.8 Å². The second-order valence-electron chi connectivity index (χ2n) is 5.00. The minimum Gasteiger partial charge on any atom is -0.355 e. The summed E-state index contributed by atoms with van der Waals surface area (Å²) in [6.07, 6.45) is 1.75. The summed E-state index contributed by atoms with van der Waals surface area (Å²) in [7, 11) is 1.69. The third-order valence-electron chi connectivity index (χ3n) is 3.18. The fourth-order valence-corrected chi connectivity index (χ4v) is 2.07. The van der Waals surface area contributed by atoms with Gasteiger partial charge in [0, 0.05) is 20.1 Å². The fourth-order valence-electron chi connectivity index (χ4n) is 2.07. The molecule has 5 nitrogen and oxygen atoms in total. The lowest BCUT2D eigenvalue weighted by atomic mass is 9.88. The Morgan fingerprint density at radius 3 is 2.71 bits per heavy atom. The molecule has 0 aromatic heterocycles. The minimum absolute atomic E-state index is 0.0501. The zero-order chi connectivity index (χ0) is 12.9. The van der Waals surface area contributed by atoms with Gasteiger partial charge in [0.05, 0.1) is 12.0 Å². The average molecular weight is 241 g/mol. The average Bonchev–Trinajstić information content (AvgIpc) is 2.73. The van der Waals surface area contributed by atoms with Gasteiger partial charge in [-0.15, -0.1) is 0 Å². The summed E-state index contributed by atoms with van der Waals surface area (Å²) in [4.78, 5) is 25.2. The van der Waals surface area contributed by atoms with Crippen molar-refractivity contribution in [2.75, 3.05) is 33.2 Å². The maximum atomic E-state index is 12.2. The molecule has 0 aromatic rings. The van der Waals surface area contributed by atoms with Gasteiger partial charge in [-0.1, -0.05) is 6.92 Å². The van der Waals surface area contributed by atoms with Crippen LogP contribution in [0.1, 0.15) is 26.7 Å². The molecule has 0 saturated carbocycles. The Morgan fingerprint density at radius 2 is 2.18 bits per heavy atom. The number of carbonyl (C=O) groups is 2. The van der Waals surface area contributed by atoms with E-state index in [4.69, 9.17) is 0 Å². The van der Waals surface area contributed by atoms with Crippen LogP contribution in [0.3, 0.4) is 0 Å². The van der Waals surface area contributed by atoms with Gasteiger partial charge < -0.3 is 15.5 Å². The number of likely N-dealkylation sites (N-methyl/N-ethyl adjacent to an activating group) is 1. The zero-order valence-corrected chi connectivity index (χ0v) is 11.0. The second-order valence-corrected chi connectivity index (χ2v) is 5.00. The highest BCUT2D eigenvalue weighted by Gasteiger charge is 2.38. The van der Waals surface area contributed by atoms with Crippen LogP contribution < -0.4 is 10.6 Å². The van der Waals surface area contributed by atoms with Crippen molar-refractivity contribution in [2.24, 2.45) is 5.41 Å². The van der Waals surface area contributed by atoms with Crippen molar-refractivity contribution >= 4 is 11.8 Å². The Hall–Kier alpha value is -1.10. The normalized spacial score (nSPS) is 23.5. The van der Waals surface area contributed by atoms with Crippen molar-refractivity contribution < 1.29 is 9.59 Å². The third kappa shape index (κ3) is 3.70. The first-order chi connectivity index (χ1) is 7.99. The minimum atomic E-state index is -0.347. The van der Waals surface area contributed by atoms with E-state index in [0.717, 1.165) is 19.4 Å². The first-order valence-electron chi connectivity index (χ1n) is 6.22. The molecule has 1 rings (SSSR count). The van der Waals surface area contributed by atoms with Crippen LogP contribution in [0.5, 0.6) is 0 Å². The van der Waals surface area contributed by atoms with Gasteiger partial charge in [0.15, 0.2) is 0 Å². The smallest absolute Gasteiger partial charge is 0.239 e. The number of rotatable bonds is 5. The predicted molar refractivity (Wildman–Crippen MR) is 66.5 cm³/mol. The van der Waals surface area contributed by atoms with E-state index in [0.29, 0.717) is 13.1 Å². The summed E-state index contributed by atoms with van der Waals surface area (Å²) in [6, 6.07) is 0. The van der Waals surface area contributed by atoms with Gasteiger partial charge in [0.2, 0.25) is 11.8 Å². The Kier molecular flexibility index (Phi) is 4.93. The molecule has 17 heavy (non-hydrogen) atoms. The zero-order valence-electron chi connectivity index (χ0n) is 11.0. The number of hydrogen-bond acceptors (Lipinski definition) is 3. The number of carbonyl (C=O) groups excluding carboxylic acids is 2. The second kappa shape index (κ2) is 6.00. The maximum Gasteiger partial charge on any atom is 0.239 e. The van der Waals surface area contributed by atoms with Gasteiger partial charge in [-0.05, 0) is 26.3 Å². The van der Waals surface area contributed by atoms with Crippen molar-refractivity contribution in [3.8, 4) is 0 Å². The van der Waals surface area contributed by atoms with Crippen LogP contribution in [-0.2, 0) is 9.59 Å². The van der Waals surface area contributed by atoms with E-state index in [1.54, 1.807) is 7.05 Å². The molecule has 0 spiro atoms. The highest BCUT2D eigenvalue weighted by Crippen LogP contribution is 2.26. The van der Waals surface area contributed by atoms with E-state index in [1.165, 1.54) is 4.90 Å². The molecule has 0 bridgehead atoms. The molecule has 1 heterocycles. The largest absolute Gasteiger partial charge is 0.355 e. The van der Waals surface area contributed by atoms with Gasteiger partial charge in [0.1, 0.15) is 0 Å². The van der Waals surface area contributed by atoms with Gasteiger partial charge in [-0.3, -0.25) is 9.59 Å². The molecule has 2 N–H and O–H groups in total. The highest BCUT2D eigenvalue weighted by molar-refractivity contribution is 5.87. The Balaban J connectivity index is 2.44. The fraction of sp³-hybridized carbons (Fsp3) is 0.833.